The zero-order valence-electron chi connectivity index (χ0n) is 17.4. The fourth-order valence-corrected chi connectivity index (χ4v) is 7.51. The fourth-order valence-electron chi connectivity index (χ4n) is 5.73. The zero-order chi connectivity index (χ0) is 22.3. The third kappa shape index (κ3) is 4.62. The normalized spacial score (nSPS) is 27.6. The molecule has 0 spiro atoms. The van der Waals surface area contributed by atoms with Gasteiger partial charge in [0, 0.05) is 24.2 Å². The van der Waals surface area contributed by atoms with Gasteiger partial charge in [-0.1, -0.05) is 12.8 Å². The molecule has 172 valence electrons. The Labute approximate surface area is 181 Å². The number of nitrogens with zero attached hydrogens (tertiary/aromatic N) is 1. The predicted octanol–water partition coefficient (Wildman–Crippen LogP) is 3.10. The minimum atomic E-state index is -3.43. The van der Waals surface area contributed by atoms with Gasteiger partial charge >= 0.3 is 0 Å². The average molecular weight is 459 g/mol. The second-order valence-corrected chi connectivity index (χ2v) is 11.6. The number of nitrogens with two attached hydrogens (primary N) is 1. The Bertz CT molecular complexity index is 936. The molecule has 2 heterocycles. The van der Waals surface area contributed by atoms with Crippen molar-refractivity contribution in [3.05, 3.63) is 35.1 Å². The van der Waals surface area contributed by atoms with Crippen molar-refractivity contribution in [1.82, 2.24) is 4.90 Å². The monoisotopic (exact) mass is 458 g/mol. The van der Waals surface area contributed by atoms with Crippen molar-refractivity contribution in [3.8, 4) is 0 Å². The molecule has 0 unspecified atom stereocenters. The lowest BCUT2D eigenvalue weighted by molar-refractivity contribution is -0.133. The molecule has 31 heavy (non-hydrogen) atoms. The van der Waals surface area contributed by atoms with Crippen LogP contribution in [-0.4, -0.2) is 48.4 Å². The zero-order valence-corrected chi connectivity index (χ0v) is 18.2. The second kappa shape index (κ2) is 8.73. The second-order valence-electron chi connectivity index (χ2n) is 9.36. The Morgan fingerprint density at radius 1 is 1.00 bits per heavy atom. The summed E-state index contributed by atoms with van der Waals surface area (Å²) in [5.74, 6) is -3.90. The highest BCUT2D eigenvalue weighted by molar-refractivity contribution is 7.92. The molecule has 1 aliphatic carbocycles. The van der Waals surface area contributed by atoms with Gasteiger partial charge in [0.15, 0.2) is 21.5 Å². The number of sulfone groups is 1. The predicted molar refractivity (Wildman–Crippen MR) is 110 cm³/mol. The molecular weight excluding hydrogens is 429 g/mol. The van der Waals surface area contributed by atoms with Gasteiger partial charge in [-0.15, -0.1) is 0 Å². The molecule has 1 aromatic carbocycles. The van der Waals surface area contributed by atoms with Crippen molar-refractivity contribution in [2.45, 2.75) is 81.2 Å². The third-order valence-corrected chi connectivity index (χ3v) is 9.48. The van der Waals surface area contributed by atoms with Gasteiger partial charge in [-0.25, -0.2) is 21.6 Å². The van der Waals surface area contributed by atoms with Gasteiger partial charge in [-0.05, 0) is 62.5 Å². The molecule has 0 radical (unpaired) electrons. The minimum absolute atomic E-state index is 0.000466. The van der Waals surface area contributed by atoms with Crippen LogP contribution >= 0.6 is 0 Å². The van der Waals surface area contributed by atoms with Crippen LogP contribution in [0.3, 0.4) is 0 Å². The summed E-state index contributed by atoms with van der Waals surface area (Å²) < 4.78 is 65.9. The summed E-state index contributed by atoms with van der Waals surface area (Å²) in [6.07, 6.45) is 5.95. The standard InChI is InChI=1S/C22H29F3N2O3S/c23-18-11-20(25)19(24)9-13(18)10-21(26)14-7-15-5-6-16(8-14)27(15)22(28)12-31(29,30)17-3-1-2-4-17/h9,11,14-17,21H,1-8,10,12,26H2/t14-,15+,16-,21-/m1/s1. The number of amides is 1. The molecule has 3 aliphatic rings. The summed E-state index contributed by atoms with van der Waals surface area (Å²) in [7, 11) is -3.43. The quantitative estimate of drug-likeness (QED) is 0.665. The smallest absolute Gasteiger partial charge is 0.238 e. The topological polar surface area (TPSA) is 80.5 Å². The van der Waals surface area contributed by atoms with Gasteiger partial charge in [0.1, 0.15) is 11.6 Å². The summed E-state index contributed by atoms with van der Waals surface area (Å²) in [5.41, 5.74) is 6.36. The molecule has 2 saturated heterocycles. The first-order valence-electron chi connectivity index (χ1n) is 11.1. The number of fused-ring (bicyclic) bond motifs is 2. The van der Waals surface area contributed by atoms with E-state index in [2.05, 4.69) is 0 Å². The molecule has 4 rings (SSSR count). The summed E-state index contributed by atoms with van der Waals surface area (Å²) in [6.45, 7) is 0. The maximum atomic E-state index is 14.0. The lowest BCUT2D eigenvalue weighted by atomic mass is 9.82. The first-order valence-corrected chi connectivity index (χ1v) is 12.8. The van der Waals surface area contributed by atoms with Gasteiger partial charge in [0.05, 0.1) is 5.25 Å². The largest absolute Gasteiger partial charge is 0.336 e. The maximum absolute atomic E-state index is 14.0. The number of carbonyl (C=O) groups excluding carboxylic acids is 1. The Morgan fingerprint density at radius 2 is 1.58 bits per heavy atom. The van der Waals surface area contributed by atoms with Crippen molar-refractivity contribution in [2.24, 2.45) is 11.7 Å². The molecule has 5 nitrogen and oxygen atoms in total. The van der Waals surface area contributed by atoms with Gasteiger partial charge in [0.2, 0.25) is 5.91 Å². The van der Waals surface area contributed by atoms with Gasteiger partial charge in [-0.2, -0.15) is 0 Å². The maximum Gasteiger partial charge on any atom is 0.238 e. The highest BCUT2D eigenvalue weighted by Crippen LogP contribution is 2.40. The molecule has 1 aromatic rings. The lowest BCUT2D eigenvalue weighted by Crippen LogP contribution is -2.52. The summed E-state index contributed by atoms with van der Waals surface area (Å²) in [6, 6.07) is 0.785. The molecule has 4 atom stereocenters. The van der Waals surface area contributed by atoms with Crippen LogP contribution in [0, 0.1) is 23.4 Å². The van der Waals surface area contributed by atoms with E-state index in [4.69, 9.17) is 5.73 Å². The lowest BCUT2D eigenvalue weighted by Gasteiger charge is -2.41. The van der Waals surface area contributed by atoms with Gasteiger partial charge in [0.25, 0.3) is 0 Å². The van der Waals surface area contributed by atoms with E-state index in [1.165, 1.54) is 0 Å². The molecule has 2 bridgehead atoms. The number of hydrogen-bond acceptors (Lipinski definition) is 4. The van der Waals surface area contributed by atoms with E-state index in [9.17, 15) is 26.4 Å². The Hall–Kier alpha value is -1.61. The summed E-state index contributed by atoms with van der Waals surface area (Å²) >= 11 is 0. The summed E-state index contributed by atoms with van der Waals surface area (Å²) in [4.78, 5) is 14.6. The fraction of sp³-hybridized carbons (Fsp3) is 0.682. The van der Waals surface area contributed by atoms with Crippen LogP contribution in [0.4, 0.5) is 13.2 Å². The van der Waals surface area contributed by atoms with Crippen molar-refractivity contribution in [3.63, 3.8) is 0 Å². The van der Waals surface area contributed by atoms with Crippen LogP contribution in [0.15, 0.2) is 12.1 Å². The van der Waals surface area contributed by atoms with Crippen LogP contribution in [0.1, 0.15) is 56.9 Å². The molecule has 1 amide bonds. The average Bonchev–Trinajstić information content (AvgIpc) is 3.33. The van der Waals surface area contributed by atoms with Gasteiger partial charge in [-0.3, -0.25) is 4.79 Å². The van der Waals surface area contributed by atoms with Crippen LogP contribution in [0.25, 0.3) is 0 Å². The van der Waals surface area contributed by atoms with Crippen LogP contribution < -0.4 is 5.73 Å². The minimum Gasteiger partial charge on any atom is -0.336 e. The van der Waals surface area contributed by atoms with Crippen LogP contribution in [0.2, 0.25) is 0 Å². The molecule has 3 fully saturated rings. The molecule has 2 aliphatic heterocycles. The van der Waals surface area contributed by atoms with E-state index in [1.54, 1.807) is 4.90 Å². The molecule has 0 aromatic heterocycles. The molecule has 9 heteroatoms. The van der Waals surface area contributed by atoms with E-state index in [0.717, 1.165) is 31.7 Å². The van der Waals surface area contributed by atoms with E-state index in [1.807, 2.05) is 0 Å². The first-order chi connectivity index (χ1) is 14.7. The van der Waals surface area contributed by atoms with Crippen LogP contribution in [-0.2, 0) is 21.1 Å². The SMILES string of the molecule is N[C@H](Cc1cc(F)c(F)cc1F)[C@H]1C[C@H]2CC[C@@H](C1)N2C(=O)CS(=O)(=O)C1CCCC1. The highest BCUT2D eigenvalue weighted by Gasteiger charge is 2.45. The third-order valence-electron chi connectivity index (χ3n) is 7.34. The number of carbonyl (C=O) groups is 1. The van der Waals surface area contributed by atoms with Crippen molar-refractivity contribution < 1.29 is 26.4 Å². The van der Waals surface area contributed by atoms with Crippen molar-refractivity contribution >= 4 is 15.7 Å². The van der Waals surface area contributed by atoms with E-state index < -0.39 is 44.3 Å². The molecule has 2 N–H and O–H groups in total. The van der Waals surface area contributed by atoms with E-state index in [-0.39, 0.29) is 35.9 Å². The number of halogens is 3. The summed E-state index contributed by atoms with van der Waals surface area (Å²) in [5, 5.41) is -0.397. The first kappa shape index (κ1) is 22.6. The van der Waals surface area contributed by atoms with Gasteiger partial charge < -0.3 is 10.6 Å². The van der Waals surface area contributed by atoms with Crippen LogP contribution in [0.5, 0.6) is 0 Å². The number of piperidine rings is 1. The Balaban J connectivity index is 1.39. The molecular formula is C22H29F3N2O3S. The Kier molecular flexibility index (Phi) is 6.36. The van der Waals surface area contributed by atoms with Crippen molar-refractivity contribution in [1.29, 1.82) is 0 Å². The number of hydrogen-bond donors (Lipinski definition) is 1. The van der Waals surface area contributed by atoms with Crippen molar-refractivity contribution in [2.75, 3.05) is 5.75 Å². The van der Waals surface area contributed by atoms with E-state index >= 15 is 0 Å². The highest BCUT2D eigenvalue weighted by atomic mass is 32.2. The van der Waals surface area contributed by atoms with E-state index in [0.29, 0.717) is 31.7 Å². The number of rotatable bonds is 6. The Morgan fingerprint density at radius 3 is 2.19 bits per heavy atom. The number of benzene rings is 1. The molecule has 1 saturated carbocycles.